The van der Waals surface area contributed by atoms with Crippen LogP contribution in [0.25, 0.3) is 11.4 Å². The summed E-state index contributed by atoms with van der Waals surface area (Å²) < 4.78 is 18.1. The van der Waals surface area contributed by atoms with Gasteiger partial charge in [-0.1, -0.05) is 11.8 Å². The number of benzene rings is 2. The number of hydrogen-bond acceptors (Lipinski definition) is 6. The lowest BCUT2D eigenvalue weighted by molar-refractivity contribution is 0.318. The second kappa shape index (κ2) is 9.32. The lowest BCUT2D eigenvalue weighted by Gasteiger charge is -2.07. The van der Waals surface area contributed by atoms with Crippen LogP contribution in [0.15, 0.2) is 53.7 Å². The summed E-state index contributed by atoms with van der Waals surface area (Å²) in [5.41, 5.74) is 1.01. The third-order valence-corrected chi connectivity index (χ3v) is 5.14. The molecular weight excluding hydrogens is 362 g/mol. The molecule has 0 aliphatic carbocycles. The fourth-order valence-corrected chi connectivity index (χ4v) is 3.34. The molecule has 6 nitrogen and oxygen atoms in total. The molecule has 142 valence electrons. The summed E-state index contributed by atoms with van der Waals surface area (Å²) in [4.78, 5) is 0. The van der Waals surface area contributed by atoms with Crippen LogP contribution >= 0.6 is 11.8 Å². The monoisotopic (exact) mass is 385 g/mol. The van der Waals surface area contributed by atoms with Crippen molar-refractivity contribution in [2.75, 3.05) is 26.6 Å². The minimum absolute atomic E-state index is 0.655. The van der Waals surface area contributed by atoms with Crippen LogP contribution in [-0.4, -0.2) is 41.3 Å². The van der Waals surface area contributed by atoms with Crippen LogP contribution in [0.3, 0.4) is 0 Å². The number of methoxy groups -OCH3 is 2. The number of rotatable bonds is 9. The molecule has 3 aromatic rings. The Bertz CT molecular complexity index is 848. The minimum atomic E-state index is 0.655. The predicted octanol–water partition coefficient (Wildman–Crippen LogP) is 4.06. The van der Waals surface area contributed by atoms with Gasteiger partial charge in [-0.2, -0.15) is 0 Å². The first kappa shape index (κ1) is 19.1. The maximum atomic E-state index is 5.75. The Balaban J connectivity index is 1.47. The Kier molecular flexibility index (Phi) is 6.59. The lowest BCUT2D eigenvalue weighted by Crippen LogP contribution is -2.00. The van der Waals surface area contributed by atoms with E-state index in [0.29, 0.717) is 6.61 Å². The summed E-state index contributed by atoms with van der Waals surface area (Å²) in [7, 11) is 5.29. The minimum Gasteiger partial charge on any atom is -0.497 e. The number of thioether (sulfide) groups is 1. The second-order valence-corrected chi connectivity index (χ2v) is 6.88. The molecule has 1 aromatic heterocycles. The molecule has 0 saturated carbocycles. The quantitative estimate of drug-likeness (QED) is 0.409. The third-order valence-electron chi connectivity index (χ3n) is 4.03. The molecule has 0 saturated heterocycles. The fraction of sp³-hybridized carbons (Fsp3) is 0.300. The highest BCUT2D eigenvalue weighted by Gasteiger charge is 2.11. The molecule has 0 fully saturated rings. The zero-order chi connectivity index (χ0) is 19.1. The number of aromatic nitrogens is 3. The van der Waals surface area contributed by atoms with Gasteiger partial charge in [0, 0.05) is 18.4 Å². The first-order valence-electron chi connectivity index (χ1n) is 8.64. The van der Waals surface area contributed by atoms with Crippen LogP contribution in [0.5, 0.6) is 17.2 Å². The Morgan fingerprint density at radius 3 is 2.07 bits per heavy atom. The zero-order valence-electron chi connectivity index (χ0n) is 15.7. The smallest absolute Gasteiger partial charge is 0.191 e. The summed E-state index contributed by atoms with van der Waals surface area (Å²) in [6, 6.07) is 15.4. The van der Waals surface area contributed by atoms with Crippen molar-refractivity contribution in [1.82, 2.24) is 14.8 Å². The van der Waals surface area contributed by atoms with Gasteiger partial charge in [0.2, 0.25) is 0 Å². The van der Waals surface area contributed by atoms with E-state index in [1.165, 1.54) is 0 Å². The molecule has 1 heterocycles. The summed E-state index contributed by atoms with van der Waals surface area (Å²) in [6.45, 7) is 0.655. The normalized spacial score (nSPS) is 10.6. The van der Waals surface area contributed by atoms with Gasteiger partial charge in [-0.25, -0.2) is 0 Å². The zero-order valence-corrected chi connectivity index (χ0v) is 16.5. The van der Waals surface area contributed by atoms with Crippen molar-refractivity contribution >= 4 is 11.8 Å². The Morgan fingerprint density at radius 1 is 0.852 bits per heavy atom. The number of ether oxygens (including phenoxy) is 3. The summed E-state index contributed by atoms with van der Waals surface area (Å²) in [5, 5.41) is 9.51. The standard InChI is InChI=1S/C20H23N3O3S/c1-23-19(15-5-7-16(24-2)8-6-15)21-22-20(23)27-14-4-13-26-18-11-9-17(25-3)10-12-18/h5-12H,4,13-14H2,1-3H3. The van der Waals surface area contributed by atoms with E-state index in [0.717, 1.165) is 46.0 Å². The molecule has 0 spiro atoms. The van der Waals surface area contributed by atoms with Crippen LogP contribution in [0, 0.1) is 0 Å². The highest BCUT2D eigenvalue weighted by atomic mass is 32.2. The summed E-state index contributed by atoms with van der Waals surface area (Å²) in [6.07, 6.45) is 0.918. The molecule has 0 aliphatic heterocycles. The number of nitrogens with zero attached hydrogens (tertiary/aromatic N) is 3. The van der Waals surface area contributed by atoms with Crippen LogP contribution in [0.1, 0.15) is 6.42 Å². The number of hydrogen-bond donors (Lipinski definition) is 0. The average Bonchev–Trinajstić information content (AvgIpc) is 3.08. The van der Waals surface area contributed by atoms with Gasteiger partial charge in [0.15, 0.2) is 11.0 Å². The molecular formula is C20H23N3O3S. The van der Waals surface area contributed by atoms with Crippen molar-refractivity contribution in [3.8, 4) is 28.6 Å². The average molecular weight is 385 g/mol. The maximum absolute atomic E-state index is 5.75. The van der Waals surface area contributed by atoms with Crippen molar-refractivity contribution in [2.45, 2.75) is 11.6 Å². The van der Waals surface area contributed by atoms with Crippen molar-refractivity contribution in [1.29, 1.82) is 0 Å². The fourth-order valence-electron chi connectivity index (χ4n) is 2.52. The van der Waals surface area contributed by atoms with Crippen LogP contribution < -0.4 is 14.2 Å². The van der Waals surface area contributed by atoms with Gasteiger partial charge in [0.05, 0.1) is 20.8 Å². The van der Waals surface area contributed by atoms with Crippen molar-refractivity contribution in [2.24, 2.45) is 7.05 Å². The topological polar surface area (TPSA) is 58.4 Å². The second-order valence-electron chi connectivity index (χ2n) is 5.82. The van der Waals surface area contributed by atoms with E-state index < -0.39 is 0 Å². The molecule has 0 unspecified atom stereocenters. The van der Waals surface area contributed by atoms with E-state index >= 15 is 0 Å². The molecule has 0 atom stereocenters. The molecule has 0 amide bonds. The highest BCUT2D eigenvalue weighted by Crippen LogP contribution is 2.25. The van der Waals surface area contributed by atoms with E-state index in [-0.39, 0.29) is 0 Å². The SMILES string of the molecule is COc1ccc(OCCCSc2nnc(-c3ccc(OC)cc3)n2C)cc1. The summed E-state index contributed by atoms with van der Waals surface area (Å²) >= 11 is 1.68. The van der Waals surface area contributed by atoms with E-state index in [1.807, 2.05) is 60.1 Å². The Morgan fingerprint density at radius 2 is 1.44 bits per heavy atom. The first-order valence-corrected chi connectivity index (χ1v) is 9.63. The van der Waals surface area contributed by atoms with Crippen LogP contribution in [0.2, 0.25) is 0 Å². The van der Waals surface area contributed by atoms with E-state index in [1.54, 1.807) is 26.0 Å². The molecule has 27 heavy (non-hydrogen) atoms. The molecule has 0 radical (unpaired) electrons. The van der Waals surface area contributed by atoms with Crippen LogP contribution in [0.4, 0.5) is 0 Å². The van der Waals surface area contributed by atoms with Gasteiger partial charge in [-0.3, -0.25) is 0 Å². The van der Waals surface area contributed by atoms with E-state index in [4.69, 9.17) is 14.2 Å². The van der Waals surface area contributed by atoms with Gasteiger partial charge in [-0.15, -0.1) is 10.2 Å². The van der Waals surface area contributed by atoms with Crippen LogP contribution in [-0.2, 0) is 7.05 Å². The van der Waals surface area contributed by atoms with Gasteiger partial charge in [0.25, 0.3) is 0 Å². The molecule has 0 bridgehead atoms. The van der Waals surface area contributed by atoms with Crippen molar-refractivity contribution in [3.05, 3.63) is 48.5 Å². The largest absolute Gasteiger partial charge is 0.497 e. The predicted molar refractivity (Wildman–Crippen MR) is 107 cm³/mol. The molecule has 3 rings (SSSR count). The van der Waals surface area contributed by atoms with Gasteiger partial charge in [0.1, 0.15) is 17.2 Å². The Hall–Kier alpha value is -2.67. The third kappa shape index (κ3) is 4.95. The lowest BCUT2D eigenvalue weighted by atomic mass is 10.2. The van der Waals surface area contributed by atoms with Gasteiger partial charge < -0.3 is 18.8 Å². The molecule has 0 aliphatic rings. The molecule has 0 N–H and O–H groups in total. The maximum Gasteiger partial charge on any atom is 0.191 e. The van der Waals surface area contributed by atoms with Crippen molar-refractivity contribution < 1.29 is 14.2 Å². The highest BCUT2D eigenvalue weighted by molar-refractivity contribution is 7.99. The summed E-state index contributed by atoms with van der Waals surface area (Å²) in [5.74, 6) is 4.25. The van der Waals surface area contributed by atoms with Gasteiger partial charge in [-0.05, 0) is 55.0 Å². The molecule has 7 heteroatoms. The van der Waals surface area contributed by atoms with Crippen molar-refractivity contribution in [3.63, 3.8) is 0 Å². The van der Waals surface area contributed by atoms with Gasteiger partial charge >= 0.3 is 0 Å². The van der Waals surface area contributed by atoms with E-state index in [2.05, 4.69) is 10.2 Å². The first-order chi connectivity index (χ1) is 13.2. The molecule has 2 aromatic carbocycles. The Labute approximate surface area is 163 Å². The van der Waals surface area contributed by atoms with E-state index in [9.17, 15) is 0 Å².